The topological polar surface area (TPSA) is 32.3 Å². The van der Waals surface area contributed by atoms with Gasteiger partial charge in [-0.25, -0.2) is 0 Å². The number of amides is 1. The number of nitrogens with zero attached hydrogens (tertiary/aromatic N) is 1. The maximum Gasteiger partial charge on any atom is 0.240 e. The third kappa shape index (κ3) is 3.29. The van der Waals surface area contributed by atoms with Gasteiger partial charge in [0.05, 0.1) is 19.1 Å². The minimum absolute atomic E-state index is 0.00919. The van der Waals surface area contributed by atoms with Gasteiger partial charge in [0.1, 0.15) is 0 Å². The molecule has 0 bridgehead atoms. The normalized spacial score (nSPS) is 18.3. The van der Waals surface area contributed by atoms with Gasteiger partial charge in [0, 0.05) is 9.75 Å². The van der Waals surface area contributed by atoms with Gasteiger partial charge in [0.2, 0.25) is 5.91 Å². The SMILES string of the molecule is O=C([C@@H]1CCCN1)N(Cc1cccs1)Cc1cccs1. The molecular formula is C15H18N2OS2. The van der Waals surface area contributed by atoms with Crippen molar-refractivity contribution in [2.45, 2.75) is 32.0 Å². The Labute approximate surface area is 127 Å². The second-order valence-electron chi connectivity index (χ2n) is 5.00. The summed E-state index contributed by atoms with van der Waals surface area (Å²) in [7, 11) is 0. The van der Waals surface area contributed by atoms with Crippen LogP contribution in [0.15, 0.2) is 35.0 Å². The lowest BCUT2D eigenvalue weighted by Crippen LogP contribution is -2.42. The second kappa shape index (κ2) is 6.52. The van der Waals surface area contributed by atoms with Crippen molar-refractivity contribution in [3.8, 4) is 0 Å². The Morgan fingerprint density at radius 2 is 1.85 bits per heavy atom. The molecule has 2 aromatic rings. The number of carbonyl (C=O) groups is 1. The Morgan fingerprint density at radius 3 is 2.30 bits per heavy atom. The van der Waals surface area contributed by atoms with E-state index in [1.54, 1.807) is 22.7 Å². The van der Waals surface area contributed by atoms with E-state index in [-0.39, 0.29) is 11.9 Å². The Kier molecular flexibility index (Phi) is 4.50. The molecule has 1 amide bonds. The Hall–Kier alpha value is -1.17. The van der Waals surface area contributed by atoms with Gasteiger partial charge in [0.25, 0.3) is 0 Å². The highest BCUT2D eigenvalue weighted by molar-refractivity contribution is 7.10. The fourth-order valence-corrected chi connectivity index (χ4v) is 3.95. The van der Waals surface area contributed by atoms with Gasteiger partial charge in [-0.2, -0.15) is 0 Å². The van der Waals surface area contributed by atoms with Crippen molar-refractivity contribution in [1.29, 1.82) is 0 Å². The summed E-state index contributed by atoms with van der Waals surface area (Å²) in [5.74, 6) is 0.240. The molecule has 1 aliphatic heterocycles. The predicted octanol–water partition coefficient (Wildman–Crippen LogP) is 3.09. The summed E-state index contributed by atoms with van der Waals surface area (Å²) < 4.78 is 0. The lowest BCUT2D eigenvalue weighted by atomic mass is 10.2. The first-order valence-corrected chi connectivity index (χ1v) is 8.66. The van der Waals surface area contributed by atoms with E-state index >= 15 is 0 Å². The molecule has 0 radical (unpaired) electrons. The van der Waals surface area contributed by atoms with Gasteiger partial charge in [-0.05, 0) is 42.3 Å². The summed E-state index contributed by atoms with van der Waals surface area (Å²) in [5, 5.41) is 7.44. The molecule has 1 saturated heterocycles. The van der Waals surface area contributed by atoms with Crippen LogP contribution in [0.1, 0.15) is 22.6 Å². The maximum absolute atomic E-state index is 12.7. The van der Waals surface area contributed by atoms with Crippen molar-refractivity contribution in [2.24, 2.45) is 0 Å². The van der Waals surface area contributed by atoms with Crippen LogP contribution >= 0.6 is 22.7 Å². The van der Waals surface area contributed by atoms with Crippen LogP contribution in [0.25, 0.3) is 0 Å². The number of hydrogen-bond donors (Lipinski definition) is 1. The van der Waals surface area contributed by atoms with E-state index in [0.29, 0.717) is 13.1 Å². The predicted molar refractivity (Wildman–Crippen MR) is 83.9 cm³/mol. The van der Waals surface area contributed by atoms with Crippen LogP contribution in [-0.4, -0.2) is 23.4 Å². The molecule has 0 saturated carbocycles. The second-order valence-corrected chi connectivity index (χ2v) is 7.07. The zero-order valence-corrected chi connectivity index (χ0v) is 12.9. The van der Waals surface area contributed by atoms with Gasteiger partial charge in [-0.1, -0.05) is 12.1 Å². The first kappa shape index (κ1) is 13.8. The van der Waals surface area contributed by atoms with Crippen LogP contribution in [0.5, 0.6) is 0 Å². The summed E-state index contributed by atoms with van der Waals surface area (Å²) in [6.45, 7) is 2.39. The first-order chi connectivity index (χ1) is 9.83. The average Bonchev–Trinajstić information content (AvgIpc) is 3.20. The van der Waals surface area contributed by atoms with E-state index in [2.05, 4.69) is 28.2 Å². The lowest BCUT2D eigenvalue weighted by Gasteiger charge is -2.25. The monoisotopic (exact) mass is 306 g/mol. The zero-order valence-electron chi connectivity index (χ0n) is 11.2. The van der Waals surface area contributed by atoms with E-state index < -0.39 is 0 Å². The molecule has 5 heteroatoms. The molecule has 106 valence electrons. The largest absolute Gasteiger partial charge is 0.331 e. The van der Waals surface area contributed by atoms with Crippen molar-refractivity contribution in [2.75, 3.05) is 6.54 Å². The molecule has 2 aromatic heterocycles. The molecule has 0 aliphatic carbocycles. The molecule has 1 fully saturated rings. The molecule has 3 nitrogen and oxygen atoms in total. The van der Waals surface area contributed by atoms with E-state index in [1.807, 2.05) is 17.0 Å². The molecule has 0 unspecified atom stereocenters. The number of carbonyl (C=O) groups excluding carboxylic acids is 1. The number of thiophene rings is 2. The summed E-state index contributed by atoms with van der Waals surface area (Å²) >= 11 is 3.43. The van der Waals surface area contributed by atoms with E-state index in [1.165, 1.54) is 9.75 Å². The molecule has 1 atom stereocenters. The van der Waals surface area contributed by atoms with Gasteiger partial charge < -0.3 is 10.2 Å². The highest BCUT2D eigenvalue weighted by Gasteiger charge is 2.27. The average molecular weight is 306 g/mol. The highest BCUT2D eigenvalue weighted by Crippen LogP contribution is 2.19. The van der Waals surface area contributed by atoms with Crippen LogP contribution in [0.2, 0.25) is 0 Å². The summed E-state index contributed by atoms with van der Waals surface area (Å²) in [4.78, 5) is 17.1. The fraction of sp³-hybridized carbons (Fsp3) is 0.400. The van der Waals surface area contributed by atoms with E-state index in [0.717, 1.165) is 19.4 Å². The minimum Gasteiger partial charge on any atom is -0.331 e. The van der Waals surface area contributed by atoms with Crippen LogP contribution < -0.4 is 5.32 Å². The molecule has 3 heterocycles. The Morgan fingerprint density at radius 1 is 1.20 bits per heavy atom. The molecule has 0 spiro atoms. The third-order valence-corrected chi connectivity index (χ3v) is 5.25. The fourth-order valence-electron chi connectivity index (χ4n) is 2.51. The van der Waals surface area contributed by atoms with Crippen LogP contribution in [0.3, 0.4) is 0 Å². The summed E-state index contributed by atoms with van der Waals surface area (Å²) in [6, 6.07) is 8.29. The number of nitrogens with one attached hydrogen (secondary N) is 1. The molecule has 1 N–H and O–H groups in total. The molecular weight excluding hydrogens is 288 g/mol. The van der Waals surface area contributed by atoms with Gasteiger partial charge in [-0.3, -0.25) is 4.79 Å². The van der Waals surface area contributed by atoms with Crippen molar-refractivity contribution in [1.82, 2.24) is 10.2 Å². The smallest absolute Gasteiger partial charge is 0.240 e. The lowest BCUT2D eigenvalue weighted by molar-refractivity contribution is -0.134. The van der Waals surface area contributed by atoms with Crippen molar-refractivity contribution < 1.29 is 4.79 Å². The van der Waals surface area contributed by atoms with Gasteiger partial charge >= 0.3 is 0 Å². The standard InChI is InChI=1S/C15H18N2OS2/c18-15(14-6-1-7-16-14)17(10-12-4-2-8-19-12)11-13-5-3-9-20-13/h2-5,8-9,14,16H,1,6-7,10-11H2/t14-/m0/s1. The van der Waals surface area contributed by atoms with Crippen molar-refractivity contribution >= 4 is 28.6 Å². The van der Waals surface area contributed by atoms with Gasteiger partial charge in [0.15, 0.2) is 0 Å². The molecule has 20 heavy (non-hydrogen) atoms. The van der Waals surface area contributed by atoms with E-state index in [9.17, 15) is 4.79 Å². The van der Waals surface area contributed by atoms with Crippen LogP contribution in [-0.2, 0) is 17.9 Å². The Balaban J connectivity index is 1.73. The summed E-state index contributed by atoms with van der Waals surface area (Å²) in [5.41, 5.74) is 0. The van der Waals surface area contributed by atoms with Crippen molar-refractivity contribution in [3.63, 3.8) is 0 Å². The third-order valence-electron chi connectivity index (χ3n) is 3.52. The van der Waals surface area contributed by atoms with E-state index in [4.69, 9.17) is 0 Å². The first-order valence-electron chi connectivity index (χ1n) is 6.90. The minimum atomic E-state index is 0.00919. The highest BCUT2D eigenvalue weighted by atomic mass is 32.1. The van der Waals surface area contributed by atoms with Gasteiger partial charge in [-0.15, -0.1) is 22.7 Å². The summed E-state index contributed by atoms with van der Waals surface area (Å²) in [6.07, 6.45) is 2.06. The van der Waals surface area contributed by atoms with Crippen LogP contribution in [0, 0.1) is 0 Å². The number of hydrogen-bond acceptors (Lipinski definition) is 4. The molecule has 1 aliphatic rings. The molecule has 0 aromatic carbocycles. The Bertz CT molecular complexity index is 494. The zero-order chi connectivity index (χ0) is 13.8. The number of rotatable bonds is 5. The maximum atomic E-state index is 12.7. The van der Waals surface area contributed by atoms with Crippen molar-refractivity contribution in [3.05, 3.63) is 44.8 Å². The molecule has 3 rings (SSSR count). The quantitative estimate of drug-likeness (QED) is 0.920. The van der Waals surface area contributed by atoms with Crippen LogP contribution in [0.4, 0.5) is 0 Å².